The minimum atomic E-state index is -1.77. The Morgan fingerprint density at radius 1 is 1.02 bits per heavy atom. The molecule has 1 aliphatic rings. The van der Waals surface area contributed by atoms with E-state index in [0.717, 1.165) is 11.6 Å². The second kappa shape index (κ2) is 12.7. The number of thioether (sulfide) groups is 1. The fourth-order valence-corrected chi connectivity index (χ4v) is 4.79. The molecule has 0 bridgehead atoms. The molecule has 1 fully saturated rings. The van der Waals surface area contributed by atoms with Gasteiger partial charge >= 0.3 is 0 Å². The van der Waals surface area contributed by atoms with E-state index >= 15 is 0 Å². The first-order valence-corrected chi connectivity index (χ1v) is 13.2. The Hall–Kier alpha value is -3.67. The highest BCUT2D eigenvalue weighted by molar-refractivity contribution is 8.18. The van der Waals surface area contributed by atoms with Gasteiger partial charge in [0.2, 0.25) is 5.91 Å². The van der Waals surface area contributed by atoms with Gasteiger partial charge in [-0.15, -0.1) is 0 Å². The maximum Gasteiger partial charge on any atom is 0.294 e. The van der Waals surface area contributed by atoms with Crippen molar-refractivity contribution in [2.45, 2.75) is 13.5 Å². The van der Waals surface area contributed by atoms with E-state index in [1.807, 2.05) is 5.32 Å². The summed E-state index contributed by atoms with van der Waals surface area (Å²) in [6, 6.07) is 11.6. The zero-order valence-corrected chi connectivity index (χ0v) is 22.9. The lowest BCUT2D eigenvalue weighted by molar-refractivity contribution is -0.127. The molecule has 3 aromatic rings. The third-order valence-corrected chi connectivity index (χ3v) is 6.85. The van der Waals surface area contributed by atoms with Gasteiger partial charge in [-0.05, 0) is 72.3 Å². The second-order valence-electron chi connectivity index (χ2n) is 8.22. The number of halogens is 5. The van der Waals surface area contributed by atoms with Crippen molar-refractivity contribution < 1.29 is 37.0 Å². The van der Waals surface area contributed by atoms with Crippen LogP contribution in [0.4, 0.5) is 23.7 Å². The SMILES string of the molecule is CCOc1cc(/C=C2/SC(=O)N(CC(=O)Nc3ccc(F)c(F)c3F)C2=O)cc(Cl)c1OCc1ccc(Cl)cc1. The molecule has 1 aliphatic heterocycles. The average Bonchev–Trinajstić information content (AvgIpc) is 3.17. The molecule has 1 heterocycles. The zero-order chi connectivity index (χ0) is 29.0. The molecule has 1 saturated heterocycles. The van der Waals surface area contributed by atoms with Gasteiger partial charge in [0.05, 0.1) is 22.2 Å². The summed E-state index contributed by atoms with van der Waals surface area (Å²) in [4.78, 5) is 38.3. The molecule has 0 radical (unpaired) electrons. The van der Waals surface area contributed by atoms with E-state index in [0.29, 0.717) is 45.7 Å². The lowest BCUT2D eigenvalue weighted by atomic mass is 10.1. The highest BCUT2D eigenvalue weighted by Crippen LogP contribution is 2.39. The lowest BCUT2D eigenvalue weighted by Crippen LogP contribution is -2.36. The summed E-state index contributed by atoms with van der Waals surface area (Å²) in [5, 5.41) is 2.05. The molecule has 0 unspecified atom stereocenters. The number of nitrogens with one attached hydrogen (secondary N) is 1. The Morgan fingerprint density at radius 3 is 2.45 bits per heavy atom. The molecule has 40 heavy (non-hydrogen) atoms. The van der Waals surface area contributed by atoms with Crippen LogP contribution in [0.5, 0.6) is 11.5 Å². The van der Waals surface area contributed by atoms with Crippen LogP contribution in [-0.4, -0.2) is 35.1 Å². The zero-order valence-electron chi connectivity index (χ0n) is 20.6. The highest BCUT2D eigenvalue weighted by atomic mass is 35.5. The molecule has 0 spiro atoms. The monoisotopic (exact) mass is 610 g/mol. The van der Waals surface area contributed by atoms with Gasteiger partial charge in [-0.25, -0.2) is 13.2 Å². The van der Waals surface area contributed by atoms with Gasteiger partial charge in [-0.1, -0.05) is 35.3 Å². The molecular formula is C27H19Cl2F3N2O5S. The van der Waals surface area contributed by atoms with Crippen molar-refractivity contribution in [2.75, 3.05) is 18.5 Å². The maximum atomic E-state index is 13.9. The van der Waals surface area contributed by atoms with E-state index < -0.39 is 46.7 Å². The van der Waals surface area contributed by atoms with Gasteiger partial charge in [-0.2, -0.15) is 0 Å². The normalized spacial score (nSPS) is 14.2. The summed E-state index contributed by atoms with van der Waals surface area (Å²) in [7, 11) is 0. The molecule has 0 atom stereocenters. The predicted molar refractivity (Wildman–Crippen MR) is 146 cm³/mol. The van der Waals surface area contributed by atoms with Crippen LogP contribution in [0.15, 0.2) is 53.4 Å². The van der Waals surface area contributed by atoms with Crippen LogP contribution < -0.4 is 14.8 Å². The van der Waals surface area contributed by atoms with Gasteiger partial charge in [0.15, 0.2) is 29.0 Å². The minimum Gasteiger partial charge on any atom is -0.490 e. The largest absolute Gasteiger partial charge is 0.490 e. The van der Waals surface area contributed by atoms with Crippen molar-refractivity contribution in [2.24, 2.45) is 0 Å². The third-order valence-electron chi connectivity index (χ3n) is 5.41. The van der Waals surface area contributed by atoms with E-state index in [-0.39, 0.29) is 22.3 Å². The molecule has 208 valence electrons. The van der Waals surface area contributed by atoms with Crippen molar-refractivity contribution in [3.63, 3.8) is 0 Å². The summed E-state index contributed by atoms with van der Waals surface area (Å²) < 4.78 is 52.0. The van der Waals surface area contributed by atoms with Gasteiger partial charge in [0.25, 0.3) is 11.1 Å². The van der Waals surface area contributed by atoms with E-state index in [1.165, 1.54) is 12.1 Å². The van der Waals surface area contributed by atoms with Gasteiger partial charge in [0.1, 0.15) is 13.2 Å². The Balaban J connectivity index is 1.49. The number of hydrogen-bond donors (Lipinski definition) is 1. The standard InChI is InChI=1S/C27H19Cl2F3N2O5S/c1-2-38-20-10-15(9-17(29)25(20)39-13-14-3-5-16(28)6-4-14)11-21-26(36)34(27(37)40-21)12-22(35)33-19-8-7-18(30)23(31)24(19)32/h3-11H,2,12-13H2,1H3,(H,33,35)/b21-11+. The maximum absolute atomic E-state index is 13.9. The molecule has 3 aromatic carbocycles. The number of nitrogens with zero attached hydrogens (tertiary/aromatic N) is 1. The molecule has 0 aliphatic carbocycles. The number of benzene rings is 3. The summed E-state index contributed by atoms with van der Waals surface area (Å²) in [5.41, 5.74) is 0.631. The molecule has 0 saturated carbocycles. The average molecular weight is 611 g/mol. The summed E-state index contributed by atoms with van der Waals surface area (Å²) in [5.74, 6) is -5.98. The first-order valence-electron chi connectivity index (χ1n) is 11.6. The summed E-state index contributed by atoms with van der Waals surface area (Å²) >= 11 is 13.0. The Kier molecular flexibility index (Phi) is 9.28. The molecular weight excluding hydrogens is 592 g/mol. The molecule has 13 heteroatoms. The number of hydrogen-bond acceptors (Lipinski definition) is 6. The molecule has 7 nitrogen and oxygen atoms in total. The van der Waals surface area contributed by atoms with Crippen LogP contribution in [0.2, 0.25) is 10.0 Å². The van der Waals surface area contributed by atoms with Crippen LogP contribution in [0.1, 0.15) is 18.1 Å². The van der Waals surface area contributed by atoms with E-state index in [4.69, 9.17) is 32.7 Å². The highest BCUT2D eigenvalue weighted by Gasteiger charge is 2.36. The van der Waals surface area contributed by atoms with Crippen molar-refractivity contribution in [1.82, 2.24) is 4.90 Å². The molecule has 0 aromatic heterocycles. The Labute approximate surface area is 240 Å². The number of anilines is 1. The fraction of sp³-hybridized carbons (Fsp3) is 0.148. The van der Waals surface area contributed by atoms with Crippen molar-refractivity contribution >= 4 is 63.8 Å². The van der Waals surface area contributed by atoms with Gasteiger partial charge < -0.3 is 14.8 Å². The van der Waals surface area contributed by atoms with Gasteiger partial charge in [-0.3, -0.25) is 19.3 Å². The van der Waals surface area contributed by atoms with E-state index in [1.54, 1.807) is 37.3 Å². The number of carbonyl (C=O) groups excluding carboxylic acids is 3. The Morgan fingerprint density at radius 2 is 1.75 bits per heavy atom. The number of carbonyl (C=O) groups is 3. The number of ether oxygens (including phenoxy) is 2. The summed E-state index contributed by atoms with van der Waals surface area (Å²) in [6.07, 6.45) is 1.40. The van der Waals surface area contributed by atoms with E-state index in [9.17, 15) is 27.6 Å². The van der Waals surface area contributed by atoms with Crippen molar-refractivity contribution in [3.05, 3.63) is 92.1 Å². The first kappa shape index (κ1) is 29.3. The minimum absolute atomic E-state index is 0.00912. The molecule has 4 rings (SSSR count). The smallest absolute Gasteiger partial charge is 0.294 e. The second-order valence-corrected chi connectivity index (χ2v) is 10.1. The molecule has 3 amide bonds. The lowest BCUT2D eigenvalue weighted by Gasteiger charge is -2.15. The quantitative estimate of drug-likeness (QED) is 0.206. The van der Waals surface area contributed by atoms with Crippen LogP contribution in [0, 0.1) is 17.5 Å². The first-order chi connectivity index (χ1) is 19.1. The van der Waals surface area contributed by atoms with Crippen molar-refractivity contribution in [3.8, 4) is 11.5 Å². The van der Waals surface area contributed by atoms with E-state index in [2.05, 4.69) is 0 Å². The summed E-state index contributed by atoms with van der Waals surface area (Å²) in [6.45, 7) is 1.47. The number of amides is 3. The van der Waals surface area contributed by atoms with Crippen LogP contribution in [0.3, 0.4) is 0 Å². The topological polar surface area (TPSA) is 84.9 Å². The van der Waals surface area contributed by atoms with Crippen LogP contribution in [0.25, 0.3) is 6.08 Å². The van der Waals surface area contributed by atoms with Crippen molar-refractivity contribution in [1.29, 1.82) is 0 Å². The fourth-order valence-electron chi connectivity index (χ4n) is 3.55. The Bertz CT molecular complexity index is 1520. The van der Waals surface area contributed by atoms with Crippen LogP contribution >= 0.6 is 35.0 Å². The predicted octanol–water partition coefficient (Wildman–Crippen LogP) is 7.06. The number of rotatable bonds is 9. The third kappa shape index (κ3) is 6.72. The number of imide groups is 1. The molecule has 1 N–H and O–H groups in total. The van der Waals surface area contributed by atoms with Gasteiger partial charge in [0, 0.05) is 5.02 Å². The van der Waals surface area contributed by atoms with Crippen LogP contribution in [-0.2, 0) is 16.2 Å².